The van der Waals surface area contributed by atoms with Gasteiger partial charge >= 0.3 is 17.9 Å². The van der Waals surface area contributed by atoms with Gasteiger partial charge in [0.2, 0.25) is 5.91 Å². The molecule has 1 aliphatic rings. The molecule has 202 valence electrons. The molecule has 5 unspecified atom stereocenters. The van der Waals surface area contributed by atoms with Crippen molar-refractivity contribution in [1.29, 1.82) is 0 Å². The van der Waals surface area contributed by atoms with E-state index in [-0.39, 0.29) is 24.0 Å². The molecule has 37 heavy (non-hydrogen) atoms. The number of esters is 3. The van der Waals surface area contributed by atoms with Crippen molar-refractivity contribution in [2.24, 2.45) is 0 Å². The van der Waals surface area contributed by atoms with Gasteiger partial charge in [-0.2, -0.15) is 0 Å². The SMILES string of the molecule is CC(=O)NC1C(NC(=S)NCC(=O)c2ccc(C)cc2)OC(COC(C)=O)C(OC(C)=O)C1OC(C)=O. The monoisotopic (exact) mass is 537 g/mol. The van der Waals surface area contributed by atoms with Gasteiger partial charge in [-0.3, -0.25) is 24.0 Å². The van der Waals surface area contributed by atoms with Crippen molar-refractivity contribution in [2.75, 3.05) is 13.2 Å². The van der Waals surface area contributed by atoms with Gasteiger partial charge in [0.25, 0.3) is 0 Å². The van der Waals surface area contributed by atoms with Crippen molar-refractivity contribution >= 4 is 46.9 Å². The maximum Gasteiger partial charge on any atom is 0.303 e. The van der Waals surface area contributed by atoms with E-state index in [0.717, 1.165) is 19.4 Å². The van der Waals surface area contributed by atoms with E-state index in [1.807, 2.05) is 19.1 Å². The van der Waals surface area contributed by atoms with Crippen molar-refractivity contribution in [2.45, 2.75) is 65.2 Å². The summed E-state index contributed by atoms with van der Waals surface area (Å²) in [5.41, 5.74) is 1.50. The van der Waals surface area contributed by atoms with Gasteiger partial charge in [-0.25, -0.2) is 0 Å². The average Bonchev–Trinajstić information content (AvgIpc) is 2.79. The molecular weight excluding hydrogens is 506 g/mol. The Bertz CT molecular complexity index is 1030. The summed E-state index contributed by atoms with van der Waals surface area (Å²) in [4.78, 5) is 59.6. The van der Waals surface area contributed by atoms with Crippen LogP contribution in [0.5, 0.6) is 0 Å². The quantitative estimate of drug-likeness (QED) is 0.171. The number of carbonyl (C=O) groups excluding carboxylic acids is 5. The third-order valence-electron chi connectivity index (χ3n) is 5.17. The van der Waals surface area contributed by atoms with Crippen molar-refractivity contribution in [3.8, 4) is 0 Å². The lowest BCUT2D eigenvalue weighted by Gasteiger charge is -2.45. The van der Waals surface area contributed by atoms with E-state index in [4.69, 9.17) is 31.2 Å². The maximum absolute atomic E-state index is 12.5. The highest BCUT2D eigenvalue weighted by Crippen LogP contribution is 2.26. The highest BCUT2D eigenvalue weighted by atomic mass is 32.1. The molecule has 12 nitrogen and oxygen atoms in total. The molecule has 1 heterocycles. The molecule has 1 aromatic rings. The maximum atomic E-state index is 12.5. The standard InChI is InChI=1S/C24H31N3O9S/c1-12-6-8-17(9-7-12)18(32)10-25-24(37)27-23-20(26-13(2)28)22(35-16(5)31)21(34-15(4)30)19(36-23)11-33-14(3)29/h6-9,19-23H,10-11H2,1-5H3,(H,26,28)(H2,25,27,37). The number of hydrogen-bond acceptors (Lipinski definition) is 10. The molecule has 1 aliphatic heterocycles. The van der Waals surface area contributed by atoms with Gasteiger partial charge in [0, 0.05) is 33.3 Å². The molecule has 0 radical (unpaired) electrons. The van der Waals surface area contributed by atoms with Gasteiger partial charge in [-0.15, -0.1) is 0 Å². The third-order valence-corrected chi connectivity index (χ3v) is 5.44. The first-order valence-electron chi connectivity index (χ1n) is 11.4. The van der Waals surface area contributed by atoms with Crippen LogP contribution in [0.2, 0.25) is 0 Å². The Labute approximate surface area is 219 Å². The summed E-state index contributed by atoms with van der Waals surface area (Å²) in [5.74, 6) is -2.75. The van der Waals surface area contributed by atoms with Gasteiger partial charge < -0.3 is 34.9 Å². The Morgan fingerprint density at radius 2 is 1.49 bits per heavy atom. The van der Waals surface area contributed by atoms with Crippen LogP contribution in [0, 0.1) is 6.92 Å². The average molecular weight is 538 g/mol. The number of nitrogens with one attached hydrogen (secondary N) is 3. The predicted molar refractivity (Wildman–Crippen MR) is 133 cm³/mol. The van der Waals surface area contributed by atoms with Crippen LogP contribution in [0.3, 0.4) is 0 Å². The van der Waals surface area contributed by atoms with Crippen molar-refractivity contribution < 1.29 is 42.9 Å². The minimum Gasteiger partial charge on any atom is -0.463 e. The van der Waals surface area contributed by atoms with E-state index < -0.39 is 54.4 Å². The Hall–Kier alpha value is -3.58. The van der Waals surface area contributed by atoms with Gasteiger partial charge in [0.15, 0.2) is 29.3 Å². The first-order valence-corrected chi connectivity index (χ1v) is 11.8. The minimum absolute atomic E-state index is 0.000406. The number of thiocarbonyl (C=S) groups is 1. The normalized spacial score (nSPS) is 22.7. The van der Waals surface area contributed by atoms with Crippen LogP contribution in [0.15, 0.2) is 24.3 Å². The van der Waals surface area contributed by atoms with E-state index in [1.54, 1.807) is 12.1 Å². The summed E-state index contributed by atoms with van der Waals surface area (Å²) in [6.07, 6.45) is -4.67. The van der Waals surface area contributed by atoms with Crippen LogP contribution in [0.4, 0.5) is 0 Å². The first kappa shape index (κ1) is 29.6. The van der Waals surface area contributed by atoms with Crippen LogP contribution in [0.25, 0.3) is 0 Å². The lowest BCUT2D eigenvalue weighted by molar-refractivity contribution is -0.225. The number of ether oxygens (including phenoxy) is 4. The number of rotatable bonds is 9. The number of Topliss-reactive ketones (excluding diaryl/α,β-unsaturated/α-hetero) is 1. The second-order valence-corrected chi connectivity index (χ2v) is 8.80. The van der Waals surface area contributed by atoms with E-state index in [1.165, 1.54) is 13.8 Å². The lowest BCUT2D eigenvalue weighted by Crippen LogP contribution is -2.70. The van der Waals surface area contributed by atoms with Gasteiger partial charge in [0.1, 0.15) is 18.8 Å². The van der Waals surface area contributed by atoms with Crippen LogP contribution in [-0.4, -0.2) is 78.4 Å². The van der Waals surface area contributed by atoms with Crippen LogP contribution in [0.1, 0.15) is 43.6 Å². The fraction of sp³-hybridized carbons (Fsp3) is 0.500. The molecule has 13 heteroatoms. The summed E-state index contributed by atoms with van der Waals surface area (Å²) < 4.78 is 21.8. The molecule has 2 rings (SSSR count). The Morgan fingerprint density at radius 1 is 0.892 bits per heavy atom. The Balaban J connectivity index is 2.25. The highest BCUT2D eigenvalue weighted by molar-refractivity contribution is 7.80. The summed E-state index contributed by atoms with van der Waals surface area (Å²) in [5, 5.41) is 8.24. The van der Waals surface area contributed by atoms with Crippen molar-refractivity contribution in [1.82, 2.24) is 16.0 Å². The molecule has 1 amide bonds. The number of aryl methyl sites for hydroxylation is 1. The third kappa shape index (κ3) is 9.42. The minimum atomic E-state index is -1.23. The van der Waals surface area contributed by atoms with Crippen LogP contribution < -0.4 is 16.0 Å². The molecule has 1 fully saturated rings. The van der Waals surface area contributed by atoms with Gasteiger partial charge in [0.05, 0.1) is 6.54 Å². The van der Waals surface area contributed by atoms with Crippen LogP contribution >= 0.6 is 12.2 Å². The number of ketones is 1. The topological polar surface area (TPSA) is 158 Å². The van der Waals surface area contributed by atoms with E-state index in [0.29, 0.717) is 5.56 Å². The number of carbonyl (C=O) groups is 5. The molecule has 0 aromatic heterocycles. The molecule has 0 aliphatic carbocycles. The van der Waals surface area contributed by atoms with E-state index >= 15 is 0 Å². The fourth-order valence-corrected chi connectivity index (χ4v) is 3.83. The molecule has 3 N–H and O–H groups in total. The number of hydrogen-bond donors (Lipinski definition) is 3. The summed E-state index contributed by atoms with van der Waals surface area (Å²) in [6, 6.07) is 5.95. The molecule has 0 spiro atoms. The largest absolute Gasteiger partial charge is 0.463 e. The van der Waals surface area contributed by atoms with Gasteiger partial charge in [-0.05, 0) is 19.1 Å². The van der Waals surface area contributed by atoms with Crippen molar-refractivity contribution in [3.63, 3.8) is 0 Å². The summed E-state index contributed by atoms with van der Waals surface area (Å²) in [7, 11) is 0. The Morgan fingerprint density at radius 3 is 2.03 bits per heavy atom. The lowest BCUT2D eigenvalue weighted by atomic mass is 9.95. The number of benzene rings is 1. The van der Waals surface area contributed by atoms with E-state index in [9.17, 15) is 24.0 Å². The second-order valence-electron chi connectivity index (χ2n) is 8.39. The zero-order valence-electron chi connectivity index (χ0n) is 21.2. The highest BCUT2D eigenvalue weighted by Gasteiger charge is 2.51. The molecule has 1 saturated heterocycles. The predicted octanol–water partition coefficient (Wildman–Crippen LogP) is 0.298. The summed E-state index contributed by atoms with van der Waals surface area (Å²) in [6.45, 7) is 6.16. The first-order chi connectivity index (χ1) is 17.4. The van der Waals surface area contributed by atoms with E-state index in [2.05, 4.69) is 16.0 Å². The molecule has 0 bridgehead atoms. The van der Waals surface area contributed by atoms with Gasteiger partial charge in [-0.1, -0.05) is 29.8 Å². The smallest absolute Gasteiger partial charge is 0.303 e. The fourth-order valence-electron chi connectivity index (χ4n) is 3.64. The second kappa shape index (κ2) is 13.7. The molecule has 0 saturated carbocycles. The van der Waals surface area contributed by atoms with Crippen LogP contribution in [-0.2, 0) is 38.1 Å². The molecule has 1 aromatic carbocycles. The zero-order chi connectivity index (χ0) is 27.7. The summed E-state index contributed by atoms with van der Waals surface area (Å²) >= 11 is 5.32. The zero-order valence-corrected chi connectivity index (χ0v) is 22.0. The van der Waals surface area contributed by atoms with Crippen molar-refractivity contribution in [3.05, 3.63) is 35.4 Å². The molecular formula is C24H31N3O9S. The number of amides is 1. The molecule has 5 atom stereocenters. The Kier molecular flexibility index (Phi) is 10.9.